The van der Waals surface area contributed by atoms with Crippen LogP contribution in [0.5, 0.6) is 0 Å². The highest BCUT2D eigenvalue weighted by atomic mass is 28.4. The van der Waals surface area contributed by atoms with Crippen LogP contribution in [0, 0.1) is 0 Å². The van der Waals surface area contributed by atoms with E-state index < -0.39 is 16.6 Å². The van der Waals surface area contributed by atoms with Gasteiger partial charge in [-0.05, 0) is 43.5 Å². The molecule has 1 aromatic heterocycles. The normalized spacial score (nSPS) is 12.8. The summed E-state index contributed by atoms with van der Waals surface area (Å²) in [6, 6.07) is 12.4. The lowest BCUT2D eigenvalue weighted by Crippen LogP contribution is -2.51. The van der Waals surface area contributed by atoms with Gasteiger partial charge in [-0.2, -0.15) is 0 Å². The molecular weight excluding hydrogens is 292 g/mol. The van der Waals surface area contributed by atoms with Crippen molar-refractivity contribution in [1.82, 2.24) is 9.97 Å². The molecule has 0 amide bonds. The molecule has 0 bridgehead atoms. The number of hydrogen-bond donors (Lipinski definition) is 0. The van der Waals surface area contributed by atoms with E-state index in [4.69, 9.17) is 4.12 Å². The highest BCUT2D eigenvalue weighted by molar-refractivity contribution is 6.93. The van der Waals surface area contributed by atoms with E-state index in [1.165, 1.54) is 5.19 Å². The van der Waals surface area contributed by atoms with Gasteiger partial charge in [-0.1, -0.05) is 36.0 Å². The summed E-state index contributed by atoms with van der Waals surface area (Å²) >= 11 is 0. The average molecular weight is 315 g/mol. The SMILES string of the molecule is C[Si](C)(/C=C\c1ncccn1)O[Si](C)(C)c1ccccc1. The molecule has 21 heavy (non-hydrogen) atoms. The van der Waals surface area contributed by atoms with Crippen LogP contribution < -0.4 is 5.19 Å². The molecule has 0 unspecified atom stereocenters. The van der Waals surface area contributed by atoms with E-state index in [1.807, 2.05) is 18.2 Å². The zero-order chi connectivity index (χ0) is 15.3. The summed E-state index contributed by atoms with van der Waals surface area (Å²) in [6.45, 7) is 8.93. The van der Waals surface area contributed by atoms with Gasteiger partial charge in [0.2, 0.25) is 8.32 Å². The molecule has 0 saturated heterocycles. The second-order valence-corrected chi connectivity index (χ2v) is 14.0. The predicted octanol–water partition coefficient (Wildman–Crippen LogP) is 3.36. The number of rotatable bonds is 5. The van der Waals surface area contributed by atoms with Gasteiger partial charge in [0.1, 0.15) is 0 Å². The van der Waals surface area contributed by atoms with Crippen LogP contribution in [0.15, 0.2) is 54.5 Å². The van der Waals surface area contributed by atoms with Crippen molar-refractivity contribution >= 4 is 27.9 Å². The molecular formula is C16H22N2OSi2. The van der Waals surface area contributed by atoms with Crippen molar-refractivity contribution in [3.63, 3.8) is 0 Å². The van der Waals surface area contributed by atoms with E-state index in [2.05, 4.69) is 66.1 Å². The first-order chi connectivity index (χ1) is 9.89. The fourth-order valence-electron chi connectivity index (χ4n) is 2.26. The molecule has 0 aliphatic heterocycles. The Kier molecular flexibility index (Phi) is 4.87. The van der Waals surface area contributed by atoms with E-state index in [9.17, 15) is 0 Å². The first-order valence-electron chi connectivity index (χ1n) is 7.11. The fourth-order valence-corrected chi connectivity index (χ4v) is 9.81. The number of aromatic nitrogens is 2. The Morgan fingerprint density at radius 2 is 1.52 bits per heavy atom. The molecule has 0 aliphatic rings. The highest BCUT2D eigenvalue weighted by Crippen LogP contribution is 2.16. The Labute approximate surface area is 129 Å². The van der Waals surface area contributed by atoms with Gasteiger partial charge >= 0.3 is 0 Å². The van der Waals surface area contributed by atoms with Crippen molar-refractivity contribution < 1.29 is 4.12 Å². The highest BCUT2D eigenvalue weighted by Gasteiger charge is 2.32. The van der Waals surface area contributed by atoms with Crippen LogP contribution in [0.1, 0.15) is 5.82 Å². The Hall–Kier alpha value is -1.57. The van der Waals surface area contributed by atoms with Crippen molar-refractivity contribution in [3.8, 4) is 0 Å². The Morgan fingerprint density at radius 3 is 2.14 bits per heavy atom. The van der Waals surface area contributed by atoms with Crippen LogP contribution >= 0.6 is 0 Å². The minimum atomic E-state index is -1.90. The van der Waals surface area contributed by atoms with Crippen LogP contribution in [0.3, 0.4) is 0 Å². The summed E-state index contributed by atoms with van der Waals surface area (Å²) in [5.74, 6) is 0.737. The predicted molar refractivity (Wildman–Crippen MR) is 93.2 cm³/mol. The number of benzene rings is 1. The maximum Gasteiger partial charge on any atom is 0.206 e. The Morgan fingerprint density at radius 1 is 0.905 bits per heavy atom. The van der Waals surface area contributed by atoms with Crippen LogP contribution in [0.2, 0.25) is 26.2 Å². The van der Waals surface area contributed by atoms with Gasteiger partial charge in [-0.25, -0.2) is 9.97 Å². The van der Waals surface area contributed by atoms with Gasteiger partial charge in [0.15, 0.2) is 14.1 Å². The van der Waals surface area contributed by atoms with E-state index >= 15 is 0 Å². The molecule has 1 heterocycles. The van der Waals surface area contributed by atoms with Gasteiger partial charge in [0.05, 0.1) is 0 Å². The maximum absolute atomic E-state index is 6.57. The molecule has 110 valence electrons. The maximum atomic E-state index is 6.57. The third kappa shape index (κ3) is 4.73. The van der Waals surface area contributed by atoms with Crippen molar-refractivity contribution in [2.75, 3.05) is 0 Å². The van der Waals surface area contributed by atoms with Crippen molar-refractivity contribution in [2.24, 2.45) is 0 Å². The molecule has 0 radical (unpaired) electrons. The lowest BCUT2D eigenvalue weighted by Gasteiger charge is -2.32. The Bertz CT molecular complexity index is 598. The molecule has 0 aliphatic carbocycles. The largest absolute Gasteiger partial charge is 0.449 e. The second kappa shape index (κ2) is 6.47. The lowest BCUT2D eigenvalue weighted by molar-refractivity contribution is 0.572. The molecule has 0 fully saturated rings. The first kappa shape index (κ1) is 15.8. The molecule has 0 atom stereocenters. The third-order valence-electron chi connectivity index (χ3n) is 3.21. The Balaban J connectivity index is 2.12. The topological polar surface area (TPSA) is 35.0 Å². The van der Waals surface area contributed by atoms with Gasteiger partial charge in [0.25, 0.3) is 0 Å². The van der Waals surface area contributed by atoms with Gasteiger partial charge in [0, 0.05) is 12.4 Å². The summed E-state index contributed by atoms with van der Waals surface area (Å²) in [5, 5.41) is 1.33. The smallest absolute Gasteiger partial charge is 0.206 e. The molecule has 5 heteroatoms. The molecule has 2 rings (SSSR count). The summed E-state index contributed by atoms with van der Waals surface area (Å²) in [4.78, 5) is 8.43. The van der Waals surface area contributed by atoms with Gasteiger partial charge < -0.3 is 4.12 Å². The molecule has 1 aromatic carbocycles. The van der Waals surface area contributed by atoms with E-state index in [0.29, 0.717) is 0 Å². The minimum absolute atomic E-state index is 0.737. The van der Waals surface area contributed by atoms with E-state index in [-0.39, 0.29) is 0 Å². The molecule has 0 spiro atoms. The van der Waals surface area contributed by atoms with Crippen LogP contribution in [0.4, 0.5) is 0 Å². The summed E-state index contributed by atoms with van der Waals surface area (Å²) < 4.78 is 6.57. The van der Waals surface area contributed by atoms with Crippen LogP contribution in [-0.2, 0) is 4.12 Å². The summed E-state index contributed by atoms with van der Waals surface area (Å²) in [7, 11) is -3.79. The van der Waals surface area contributed by atoms with Gasteiger partial charge in [-0.15, -0.1) is 0 Å². The zero-order valence-electron chi connectivity index (χ0n) is 13.1. The van der Waals surface area contributed by atoms with Gasteiger partial charge in [-0.3, -0.25) is 0 Å². The third-order valence-corrected chi connectivity index (χ3v) is 10.0. The van der Waals surface area contributed by atoms with Crippen molar-refractivity contribution in [3.05, 3.63) is 60.3 Å². The molecule has 0 saturated carbocycles. The van der Waals surface area contributed by atoms with E-state index in [0.717, 1.165) is 5.82 Å². The van der Waals surface area contributed by atoms with Crippen molar-refractivity contribution in [2.45, 2.75) is 26.2 Å². The summed E-state index contributed by atoms with van der Waals surface area (Å²) in [5.41, 5.74) is 2.17. The summed E-state index contributed by atoms with van der Waals surface area (Å²) in [6.07, 6.45) is 5.48. The fraction of sp³-hybridized carbons (Fsp3) is 0.250. The monoisotopic (exact) mass is 314 g/mol. The number of hydrogen-bond acceptors (Lipinski definition) is 3. The minimum Gasteiger partial charge on any atom is -0.449 e. The van der Waals surface area contributed by atoms with Crippen LogP contribution in [-0.4, -0.2) is 26.6 Å². The zero-order valence-corrected chi connectivity index (χ0v) is 15.1. The van der Waals surface area contributed by atoms with E-state index in [1.54, 1.807) is 12.4 Å². The van der Waals surface area contributed by atoms with Crippen molar-refractivity contribution in [1.29, 1.82) is 0 Å². The molecule has 0 N–H and O–H groups in total. The quantitative estimate of drug-likeness (QED) is 0.794. The number of nitrogens with zero attached hydrogens (tertiary/aromatic N) is 2. The van der Waals surface area contributed by atoms with Crippen LogP contribution in [0.25, 0.3) is 6.08 Å². The second-order valence-electron chi connectivity index (χ2n) is 6.02. The average Bonchev–Trinajstić information content (AvgIpc) is 2.46. The standard InChI is InChI=1S/C16H22N2OSi2/c1-20(2,14-11-16-17-12-8-13-18-16)19-21(3,4)15-9-6-5-7-10-15/h5-14H,1-4H3/b14-11-. The lowest BCUT2D eigenvalue weighted by atomic mass is 10.4. The molecule has 3 nitrogen and oxygen atoms in total. The first-order valence-corrected chi connectivity index (χ1v) is 13.0. The molecule has 2 aromatic rings.